The van der Waals surface area contributed by atoms with E-state index in [4.69, 9.17) is 5.11 Å². The molecule has 0 atom stereocenters. The molecule has 0 aliphatic carbocycles. The van der Waals surface area contributed by atoms with Crippen molar-refractivity contribution in [1.29, 1.82) is 0 Å². The topological polar surface area (TPSA) is 78.4 Å². The Hall–Kier alpha value is -2.04. The van der Waals surface area contributed by atoms with Crippen LogP contribution in [0.2, 0.25) is 0 Å². The quantitative estimate of drug-likeness (QED) is 0.693. The fourth-order valence-corrected chi connectivity index (χ4v) is 1.95. The molecule has 5 heteroatoms. The predicted octanol–water partition coefficient (Wildman–Crippen LogP) is 1.92. The number of hydrogen-bond donors (Lipinski definition) is 3. The zero-order valence-corrected chi connectivity index (χ0v) is 9.70. The smallest absolute Gasteiger partial charge is 0.337 e. The number of anilines is 2. The van der Waals surface area contributed by atoms with E-state index in [1.54, 1.807) is 12.1 Å². The van der Waals surface area contributed by atoms with Crippen LogP contribution >= 0.6 is 0 Å². The Kier molecular flexibility index (Phi) is 2.53. The van der Waals surface area contributed by atoms with Gasteiger partial charge in [-0.2, -0.15) is 0 Å². The molecule has 3 N–H and O–H groups in total. The number of rotatable bonds is 1. The molecule has 0 spiro atoms. The van der Waals surface area contributed by atoms with E-state index in [1.165, 1.54) is 6.07 Å². The number of aromatic carboxylic acids is 1. The Morgan fingerprint density at radius 1 is 1.41 bits per heavy atom. The normalized spacial score (nSPS) is 17.4. The number of nitrogens with one attached hydrogen (secondary N) is 2. The van der Waals surface area contributed by atoms with E-state index in [0.29, 0.717) is 17.8 Å². The lowest BCUT2D eigenvalue weighted by molar-refractivity contribution is -0.116. The van der Waals surface area contributed by atoms with Crippen LogP contribution in [-0.4, -0.2) is 22.5 Å². The first-order valence-corrected chi connectivity index (χ1v) is 5.33. The number of fused-ring (bicyclic) bond motifs is 1. The second kappa shape index (κ2) is 3.76. The summed E-state index contributed by atoms with van der Waals surface area (Å²) in [5, 5.41) is 14.9. The van der Waals surface area contributed by atoms with E-state index in [0.717, 1.165) is 0 Å². The predicted molar refractivity (Wildman–Crippen MR) is 64.3 cm³/mol. The number of carbonyl (C=O) groups is 2. The van der Waals surface area contributed by atoms with Gasteiger partial charge in [-0.25, -0.2) is 4.79 Å². The van der Waals surface area contributed by atoms with E-state index in [9.17, 15) is 9.59 Å². The second-order valence-corrected chi connectivity index (χ2v) is 4.77. The van der Waals surface area contributed by atoms with Crippen molar-refractivity contribution in [2.75, 3.05) is 10.6 Å². The van der Waals surface area contributed by atoms with Gasteiger partial charge in [0.1, 0.15) is 0 Å². The van der Waals surface area contributed by atoms with Crippen molar-refractivity contribution in [3.05, 3.63) is 23.8 Å². The lowest BCUT2D eigenvalue weighted by atomic mass is 10.00. The molecule has 5 nitrogen and oxygen atoms in total. The van der Waals surface area contributed by atoms with Crippen molar-refractivity contribution < 1.29 is 14.7 Å². The van der Waals surface area contributed by atoms with Gasteiger partial charge in [0.2, 0.25) is 5.91 Å². The fourth-order valence-electron chi connectivity index (χ4n) is 1.95. The van der Waals surface area contributed by atoms with Gasteiger partial charge in [-0.1, -0.05) is 6.07 Å². The highest BCUT2D eigenvalue weighted by atomic mass is 16.4. The molecule has 1 aliphatic heterocycles. The Balaban J connectivity index is 2.57. The van der Waals surface area contributed by atoms with Crippen LogP contribution in [0.4, 0.5) is 11.4 Å². The first-order valence-electron chi connectivity index (χ1n) is 5.33. The van der Waals surface area contributed by atoms with Gasteiger partial charge in [-0.05, 0) is 26.0 Å². The third-order valence-corrected chi connectivity index (χ3v) is 2.63. The first kappa shape index (κ1) is 11.4. The van der Waals surface area contributed by atoms with Crippen LogP contribution in [-0.2, 0) is 4.79 Å². The van der Waals surface area contributed by atoms with Gasteiger partial charge in [0.15, 0.2) is 0 Å². The molecule has 0 radical (unpaired) electrons. The Labute approximate surface area is 98.8 Å². The van der Waals surface area contributed by atoms with E-state index in [-0.39, 0.29) is 11.5 Å². The van der Waals surface area contributed by atoms with Crippen molar-refractivity contribution in [1.82, 2.24) is 0 Å². The zero-order valence-electron chi connectivity index (χ0n) is 9.70. The van der Waals surface area contributed by atoms with Crippen molar-refractivity contribution in [2.24, 2.45) is 0 Å². The van der Waals surface area contributed by atoms with Crippen LogP contribution in [0.25, 0.3) is 0 Å². The minimum absolute atomic E-state index is 0.121. The Bertz CT molecular complexity index is 495. The summed E-state index contributed by atoms with van der Waals surface area (Å²) < 4.78 is 0. The molecular weight excluding hydrogens is 220 g/mol. The number of carbonyl (C=O) groups excluding carboxylic acids is 1. The molecule has 0 unspecified atom stereocenters. The van der Waals surface area contributed by atoms with Crippen LogP contribution in [0.3, 0.4) is 0 Å². The number of hydrogen-bond acceptors (Lipinski definition) is 3. The molecule has 1 aromatic rings. The Morgan fingerprint density at radius 3 is 2.76 bits per heavy atom. The largest absolute Gasteiger partial charge is 0.478 e. The summed E-state index contributed by atoms with van der Waals surface area (Å²) in [4.78, 5) is 22.8. The summed E-state index contributed by atoms with van der Waals surface area (Å²) in [7, 11) is 0. The molecule has 0 saturated heterocycles. The van der Waals surface area contributed by atoms with Gasteiger partial charge >= 0.3 is 5.97 Å². The van der Waals surface area contributed by atoms with Crippen molar-refractivity contribution >= 4 is 23.3 Å². The third kappa shape index (κ3) is 2.22. The average Bonchev–Trinajstić information content (AvgIpc) is 2.29. The molecule has 90 valence electrons. The molecule has 1 heterocycles. The number of carboxylic acid groups (broad SMARTS) is 1. The lowest BCUT2D eigenvalue weighted by Gasteiger charge is -2.25. The summed E-state index contributed by atoms with van der Waals surface area (Å²) in [6, 6.07) is 4.82. The lowest BCUT2D eigenvalue weighted by Crippen LogP contribution is -2.33. The van der Waals surface area contributed by atoms with Gasteiger partial charge in [0.25, 0.3) is 0 Å². The molecule has 0 bridgehead atoms. The number of amides is 1. The standard InChI is InChI=1S/C12H14N2O3/c1-12(2)6-9(15)13-8-5-3-4-7(11(16)17)10(8)14-12/h3-5,14H,6H2,1-2H3,(H,13,15)(H,16,17). The summed E-state index contributed by atoms with van der Waals surface area (Å²) in [6.07, 6.45) is 0.292. The Morgan fingerprint density at radius 2 is 2.12 bits per heavy atom. The maximum Gasteiger partial charge on any atom is 0.337 e. The van der Waals surface area contributed by atoms with E-state index < -0.39 is 11.5 Å². The van der Waals surface area contributed by atoms with E-state index >= 15 is 0 Å². The molecule has 2 rings (SSSR count). The zero-order chi connectivity index (χ0) is 12.6. The molecule has 0 saturated carbocycles. The molecule has 1 aliphatic rings. The van der Waals surface area contributed by atoms with Gasteiger partial charge in [-0.15, -0.1) is 0 Å². The molecular formula is C12H14N2O3. The van der Waals surface area contributed by atoms with Crippen molar-refractivity contribution in [3.8, 4) is 0 Å². The fraction of sp³-hybridized carbons (Fsp3) is 0.333. The molecule has 1 amide bonds. The maximum atomic E-state index is 11.6. The van der Waals surface area contributed by atoms with Crippen LogP contribution < -0.4 is 10.6 Å². The molecule has 0 fully saturated rings. The van der Waals surface area contributed by atoms with Crippen molar-refractivity contribution in [2.45, 2.75) is 25.8 Å². The number of benzene rings is 1. The molecule has 0 aromatic heterocycles. The minimum atomic E-state index is -1.01. The third-order valence-electron chi connectivity index (χ3n) is 2.63. The van der Waals surface area contributed by atoms with Gasteiger partial charge in [0, 0.05) is 12.0 Å². The number of carboxylic acids is 1. The molecule has 1 aromatic carbocycles. The number of para-hydroxylation sites is 1. The van der Waals surface area contributed by atoms with Crippen LogP contribution in [0.15, 0.2) is 18.2 Å². The van der Waals surface area contributed by atoms with Gasteiger partial charge < -0.3 is 15.7 Å². The minimum Gasteiger partial charge on any atom is -0.478 e. The summed E-state index contributed by atoms with van der Waals surface area (Å²) in [6.45, 7) is 3.72. The summed E-state index contributed by atoms with van der Waals surface area (Å²) in [5.41, 5.74) is 0.676. The highest BCUT2D eigenvalue weighted by molar-refractivity contribution is 6.04. The van der Waals surface area contributed by atoms with E-state index in [2.05, 4.69) is 10.6 Å². The SMILES string of the molecule is CC1(C)CC(=O)Nc2cccc(C(=O)O)c2N1. The monoisotopic (exact) mass is 234 g/mol. The second-order valence-electron chi connectivity index (χ2n) is 4.77. The van der Waals surface area contributed by atoms with E-state index in [1.807, 2.05) is 13.8 Å². The van der Waals surface area contributed by atoms with Gasteiger partial charge in [0.05, 0.1) is 16.9 Å². The molecule has 17 heavy (non-hydrogen) atoms. The first-order chi connectivity index (χ1) is 7.89. The van der Waals surface area contributed by atoms with Gasteiger partial charge in [-0.3, -0.25) is 4.79 Å². The summed E-state index contributed by atoms with van der Waals surface area (Å²) >= 11 is 0. The highest BCUT2D eigenvalue weighted by Crippen LogP contribution is 2.33. The maximum absolute atomic E-state index is 11.6. The summed E-state index contributed by atoms with van der Waals surface area (Å²) in [5.74, 6) is -1.13. The highest BCUT2D eigenvalue weighted by Gasteiger charge is 2.29. The van der Waals surface area contributed by atoms with Crippen molar-refractivity contribution in [3.63, 3.8) is 0 Å². The van der Waals surface area contributed by atoms with Crippen LogP contribution in [0, 0.1) is 0 Å². The van der Waals surface area contributed by atoms with Crippen LogP contribution in [0.1, 0.15) is 30.6 Å². The van der Waals surface area contributed by atoms with Crippen LogP contribution in [0.5, 0.6) is 0 Å². The average molecular weight is 234 g/mol.